The largest absolute Gasteiger partial charge is 0.430 e. The average Bonchev–Trinajstić information content (AvgIpc) is 2.78. The van der Waals surface area contributed by atoms with Crippen LogP contribution in [-0.2, 0) is 4.18 Å². The van der Waals surface area contributed by atoms with Gasteiger partial charge in [0.25, 0.3) is 0 Å². The van der Waals surface area contributed by atoms with Gasteiger partial charge >= 0.3 is 0 Å². The third-order valence-electron chi connectivity index (χ3n) is 2.06. The Labute approximate surface area is 89.0 Å². The molecule has 2 heterocycles. The third kappa shape index (κ3) is 1.33. The fourth-order valence-corrected chi connectivity index (χ4v) is 4.59. The van der Waals surface area contributed by atoms with Crippen LogP contribution in [0.3, 0.4) is 0 Å². The Hall–Kier alpha value is -0.930. The zero-order valence-corrected chi connectivity index (χ0v) is 8.98. The van der Waals surface area contributed by atoms with E-state index in [1.54, 1.807) is 17.1 Å². The van der Waals surface area contributed by atoms with Gasteiger partial charge in [-0.2, -0.15) is 0 Å². The molecule has 0 amide bonds. The van der Waals surface area contributed by atoms with Gasteiger partial charge in [0.2, 0.25) is 0 Å². The topological polar surface area (TPSA) is 9.23 Å². The first-order valence-corrected chi connectivity index (χ1v) is 6.82. The van der Waals surface area contributed by atoms with Crippen molar-refractivity contribution in [2.45, 2.75) is 0 Å². The first-order chi connectivity index (χ1) is 6.93. The molecular weight excluding hydrogens is 212 g/mol. The molecule has 0 bridgehead atoms. The summed E-state index contributed by atoms with van der Waals surface area (Å²) in [6.45, 7) is 0. The molecule has 1 atom stereocenters. The summed E-state index contributed by atoms with van der Waals surface area (Å²) in [5.74, 6) is 0. The molecule has 3 heteroatoms. The van der Waals surface area contributed by atoms with E-state index in [0.717, 1.165) is 0 Å². The average molecular weight is 220 g/mol. The summed E-state index contributed by atoms with van der Waals surface area (Å²) in [5, 5.41) is 0. The maximum Gasteiger partial charge on any atom is 0.103 e. The lowest BCUT2D eigenvalue weighted by atomic mass is 10.2. The van der Waals surface area contributed by atoms with Crippen molar-refractivity contribution in [3.8, 4) is 0 Å². The van der Waals surface area contributed by atoms with Crippen molar-refractivity contribution in [3.05, 3.63) is 54.3 Å². The van der Waals surface area contributed by atoms with Gasteiger partial charge in [0.15, 0.2) is 0 Å². The van der Waals surface area contributed by atoms with Crippen molar-refractivity contribution in [2.75, 3.05) is 0 Å². The van der Waals surface area contributed by atoms with E-state index in [4.69, 9.17) is 4.18 Å². The number of hydrogen-bond donors (Lipinski definition) is 0. The molecule has 1 aromatic carbocycles. The molecule has 0 N–H and O–H groups in total. The maximum atomic E-state index is 5.45. The van der Waals surface area contributed by atoms with Gasteiger partial charge in [-0.15, -0.1) is 0 Å². The van der Waals surface area contributed by atoms with E-state index in [1.807, 2.05) is 12.1 Å². The lowest BCUT2D eigenvalue weighted by Gasteiger charge is -2.02. The molecule has 0 saturated carbocycles. The van der Waals surface area contributed by atoms with Crippen LogP contribution in [-0.4, -0.2) is 4.86 Å². The molecule has 3 rings (SSSR count). The Morgan fingerprint density at radius 2 is 2.00 bits per heavy atom. The number of hydrogen-bond acceptors (Lipinski definition) is 2. The molecule has 0 aliphatic carbocycles. The SMILES string of the molecule is C1=CC2=S(O1)SC(c1ccccc1)=C2. The highest BCUT2D eigenvalue weighted by molar-refractivity contribution is 8.86. The van der Waals surface area contributed by atoms with E-state index in [-0.39, 0.29) is 9.80 Å². The van der Waals surface area contributed by atoms with Crippen LogP contribution in [0.15, 0.2) is 48.7 Å². The van der Waals surface area contributed by atoms with Gasteiger partial charge < -0.3 is 4.18 Å². The fraction of sp³-hybridized carbons (Fsp3) is 0. The summed E-state index contributed by atoms with van der Waals surface area (Å²) in [6, 6.07) is 10.4. The molecule has 0 radical (unpaired) electrons. The minimum Gasteiger partial charge on any atom is -0.430 e. The van der Waals surface area contributed by atoms with Crippen LogP contribution in [0.4, 0.5) is 0 Å². The van der Waals surface area contributed by atoms with E-state index in [9.17, 15) is 0 Å². The maximum absolute atomic E-state index is 5.45. The van der Waals surface area contributed by atoms with Gasteiger partial charge in [-0.3, -0.25) is 0 Å². The van der Waals surface area contributed by atoms with Crippen LogP contribution < -0.4 is 0 Å². The van der Waals surface area contributed by atoms with Gasteiger partial charge in [0.05, 0.1) is 9.80 Å². The third-order valence-corrected chi connectivity index (χ3v) is 5.48. The molecule has 0 spiro atoms. The van der Waals surface area contributed by atoms with Gasteiger partial charge in [0, 0.05) is 9.77 Å². The molecule has 1 aromatic rings. The van der Waals surface area contributed by atoms with Crippen molar-refractivity contribution in [1.82, 2.24) is 0 Å². The monoisotopic (exact) mass is 220 g/mol. The Morgan fingerprint density at radius 3 is 2.79 bits per heavy atom. The first-order valence-electron chi connectivity index (χ1n) is 4.34. The quantitative estimate of drug-likeness (QED) is 0.528. The Morgan fingerprint density at radius 1 is 1.14 bits per heavy atom. The van der Waals surface area contributed by atoms with Crippen molar-refractivity contribution in [1.29, 1.82) is 0 Å². The predicted molar refractivity (Wildman–Crippen MR) is 64.8 cm³/mol. The van der Waals surface area contributed by atoms with E-state index >= 15 is 0 Å². The molecule has 0 fully saturated rings. The summed E-state index contributed by atoms with van der Waals surface area (Å²) < 4.78 is 5.45. The van der Waals surface area contributed by atoms with Gasteiger partial charge in [-0.05, 0) is 28.5 Å². The second-order valence-electron chi connectivity index (χ2n) is 2.99. The summed E-state index contributed by atoms with van der Waals surface area (Å²) >= 11 is 0. The minimum absolute atomic E-state index is 0.0688. The molecule has 1 nitrogen and oxygen atoms in total. The molecule has 1 unspecified atom stereocenters. The zero-order chi connectivity index (χ0) is 9.38. The highest BCUT2D eigenvalue weighted by atomic mass is 33.1. The van der Waals surface area contributed by atoms with Crippen molar-refractivity contribution in [3.63, 3.8) is 0 Å². The predicted octanol–water partition coefficient (Wildman–Crippen LogP) is 3.59. The molecule has 2 aliphatic heterocycles. The van der Waals surface area contributed by atoms with Crippen LogP contribution in [0.25, 0.3) is 4.91 Å². The summed E-state index contributed by atoms with van der Waals surface area (Å²) in [7, 11) is 1.73. The van der Waals surface area contributed by atoms with Crippen LogP contribution >= 0.6 is 20.6 Å². The molecule has 70 valence electrons. The highest BCUT2D eigenvalue weighted by Gasteiger charge is 2.19. The molecular formula is C11H8OS2. The van der Waals surface area contributed by atoms with Crippen LogP contribution in [0.2, 0.25) is 0 Å². The normalized spacial score (nSPS) is 23.3. The van der Waals surface area contributed by atoms with E-state index in [2.05, 4.69) is 30.3 Å². The fourth-order valence-electron chi connectivity index (χ4n) is 1.39. The van der Waals surface area contributed by atoms with E-state index < -0.39 is 0 Å². The summed E-state index contributed by atoms with van der Waals surface area (Å²) in [5.41, 5.74) is 1.28. The van der Waals surface area contributed by atoms with E-state index in [0.29, 0.717) is 0 Å². The van der Waals surface area contributed by atoms with Crippen LogP contribution in [0.5, 0.6) is 0 Å². The summed E-state index contributed by atoms with van der Waals surface area (Å²) in [6.07, 6.45) is 6.04. The standard InChI is InChI=1S/C11H8OS2/c1-2-4-9(5-3-1)11-8-10-6-7-12-14(10)13-11/h1-8H. The first kappa shape index (κ1) is 8.38. The van der Waals surface area contributed by atoms with Crippen LogP contribution in [0.1, 0.15) is 5.56 Å². The lowest BCUT2D eigenvalue weighted by Crippen LogP contribution is -1.79. The lowest BCUT2D eigenvalue weighted by molar-refractivity contribution is 0.578. The Balaban J connectivity index is 1.95. The second kappa shape index (κ2) is 3.33. The molecule has 0 aromatic heterocycles. The summed E-state index contributed by atoms with van der Waals surface area (Å²) in [4.78, 5) is 2.61. The number of benzene rings is 1. The highest BCUT2D eigenvalue weighted by Crippen LogP contribution is 2.51. The number of allylic oxidation sites excluding steroid dienone is 2. The smallest absolute Gasteiger partial charge is 0.103 e. The second-order valence-corrected chi connectivity index (χ2v) is 6.14. The Bertz CT molecular complexity index is 457. The number of rotatable bonds is 1. The van der Waals surface area contributed by atoms with E-state index in [1.165, 1.54) is 15.3 Å². The van der Waals surface area contributed by atoms with Crippen molar-refractivity contribution >= 4 is 30.4 Å². The zero-order valence-electron chi connectivity index (χ0n) is 7.34. The minimum atomic E-state index is -0.0688. The van der Waals surface area contributed by atoms with Crippen molar-refractivity contribution < 1.29 is 4.18 Å². The van der Waals surface area contributed by atoms with Gasteiger partial charge in [-0.25, -0.2) is 0 Å². The van der Waals surface area contributed by atoms with Gasteiger partial charge in [0.1, 0.15) is 6.26 Å². The Kier molecular flexibility index (Phi) is 2.00. The van der Waals surface area contributed by atoms with Gasteiger partial charge in [-0.1, -0.05) is 30.3 Å². The molecule has 2 aliphatic rings. The van der Waals surface area contributed by atoms with Crippen molar-refractivity contribution in [2.24, 2.45) is 0 Å². The molecule has 14 heavy (non-hydrogen) atoms. The molecule has 0 saturated heterocycles. The van der Waals surface area contributed by atoms with Crippen LogP contribution in [0, 0.1) is 0 Å².